The number of H-pyrrole nitrogens is 1. The van der Waals surface area contributed by atoms with Crippen LogP contribution in [0.4, 0.5) is 5.69 Å². The number of benzene rings is 3. The van der Waals surface area contributed by atoms with Gasteiger partial charge in [0.2, 0.25) is 5.91 Å². The molecule has 9 nitrogen and oxygen atoms in total. The van der Waals surface area contributed by atoms with E-state index in [1.807, 2.05) is 77.7 Å². The fourth-order valence-corrected chi connectivity index (χ4v) is 5.23. The highest BCUT2D eigenvalue weighted by Crippen LogP contribution is 2.32. The highest BCUT2D eigenvalue weighted by molar-refractivity contribution is 6.30. The number of rotatable bonds is 8. The van der Waals surface area contributed by atoms with Crippen LogP contribution in [0.1, 0.15) is 11.6 Å². The molecule has 39 heavy (non-hydrogen) atoms. The first-order valence-corrected chi connectivity index (χ1v) is 13.3. The van der Waals surface area contributed by atoms with Gasteiger partial charge in [-0.15, -0.1) is 5.10 Å². The normalized spacial score (nSPS) is 14.9. The predicted octanol–water partition coefficient (Wildman–Crippen LogP) is 4.58. The molecule has 5 aromatic rings. The van der Waals surface area contributed by atoms with Crippen LogP contribution in [0.2, 0.25) is 5.02 Å². The van der Waals surface area contributed by atoms with E-state index in [-0.39, 0.29) is 18.5 Å². The first kappa shape index (κ1) is 25.2. The minimum absolute atomic E-state index is 0.0446. The van der Waals surface area contributed by atoms with Gasteiger partial charge in [0.1, 0.15) is 12.1 Å². The van der Waals surface area contributed by atoms with E-state index in [9.17, 15) is 4.79 Å². The molecule has 1 fully saturated rings. The average Bonchev–Trinajstić information content (AvgIpc) is 3.65. The number of carbonyl (C=O) groups is 1. The zero-order valence-corrected chi connectivity index (χ0v) is 22.0. The smallest absolute Gasteiger partial charge is 0.249 e. The molecule has 2 aromatic heterocycles. The van der Waals surface area contributed by atoms with Crippen molar-refractivity contribution in [3.8, 4) is 11.3 Å². The summed E-state index contributed by atoms with van der Waals surface area (Å²) in [6.07, 6.45) is 3.43. The third-order valence-electron chi connectivity index (χ3n) is 7.01. The molecule has 0 saturated carbocycles. The van der Waals surface area contributed by atoms with Crippen LogP contribution in [0, 0.1) is 0 Å². The second-order valence-electron chi connectivity index (χ2n) is 9.50. The monoisotopic (exact) mass is 541 g/mol. The van der Waals surface area contributed by atoms with E-state index in [2.05, 4.69) is 25.2 Å². The number of para-hydroxylation sites is 1. The molecule has 0 aliphatic carbocycles. The van der Waals surface area contributed by atoms with Gasteiger partial charge < -0.3 is 14.6 Å². The Bertz CT molecular complexity index is 1550. The van der Waals surface area contributed by atoms with Crippen LogP contribution in [-0.4, -0.2) is 68.6 Å². The summed E-state index contributed by atoms with van der Waals surface area (Å²) < 4.78 is 7.25. The lowest BCUT2D eigenvalue weighted by atomic mass is 10.0. The van der Waals surface area contributed by atoms with E-state index in [4.69, 9.17) is 16.3 Å². The van der Waals surface area contributed by atoms with Gasteiger partial charge >= 0.3 is 0 Å². The standard InChI is InChI=1S/C29H28ClN7O2/c30-23-5-3-4-22(16-23)28(18-35-12-14-39-15-13-35)37(24-10-8-21(9-11-24)26-17-31-20-32-26)29(38)19-36-27-7-2-1-6-25(27)33-34-36/h1-11,16-17,20,28H,12-15,18-19H2,(H,31,32). The zero-order chi connectivity index (χ0) is 26.6. The molecule has 1 unspecified atom stereocenters. The second kappa shape index (κ2) is 11.4. The summed E-state index contributed by atoms with van der Waals surface area (Å²) in [4.78, 5) is 25.7. The number of imidazole rings is 1. The zero-order valence-electron chi connectivity index (χ0n) is 21.3. The van der Waals surface area contributed by atoms with Crippen LogP contribution in [0.25, 0.3) is 22.3 Å². The summed E-state index contributed by atoms with van der Waals surface area (Å²) in [7, 11) is 0. The fourth-order valence-electron chi connectivity index (χ4n) is 5.03. The molecule has 1 amide bonds. The Kier molecular flexibility index (Phi) is 7.36. The molecule has 3 aromatic carbocycles. The van der Waals surface area contributed by atoms with Crippen LogP contribution in [-0.2, 0) is 16.1 Å². The van der Waals surface area contributed by atoms with Gasteiger partial charge in [-0.05, 0) is 47.5 Å². The number of aromatic nitrogens is 5. The number of ether oxygens (including phenoxy) is 1. The van der Waals surface area contributed by atoms with Crippen molar-refractivity contribution in [2.75, 3.05) is 37.7 Å². The summed E-state index contributed by atoms with van der Waals surface area (Å²) in [5.41, 5.74) is 5.20. The Morgan fingerprint density at radius 1 is 1.05 bits per heavy atom. The van der Waals surface area contributed by atoms with Crippen molar-refractivity contribution in [1.29, 1.82) is 0 Å². The van der Waals surface area contributed by atoms with E-state index in [1.165, 1.54) is 0 Å². The molecule has 6 rings (SSSR count). The number of hydrogen-bond donors (Lipinski definition) is 1. The molecule has 1 N–H and O–H groups in total. The van der Waals surface area contributed by atoms with Gasteiger partial charge in [0.15, 0.2) is 0 Å². The summed E-state index contributed by atoms with van der Waals surface area (Å²) >= 11 is 6.45. The summed E-state index contributed by atoms with van der Waals surface area (Å²) in [6, 6.07) is 23.1. The quantitative estimate of drug-likeness (QED) is 0.309. The molecule has 198 valence electrons. The molecule has 0 bridgehead atoms. The SMILES string of the molecule is O=C(Cn1nnc2ccccc21)N(c1ccc(-c2cnc[nH]2)cc1)C(CN1CCOCC1)c1cccc(Cl)c1. The highest BCUT2D eigenvalue weighted by atomic mass is 35.5. The lowest BCUT2D eigenvalue weighted by Gasteiger charge is -2.37. The number of amides is 1. The van der Waals surface area contributed by atoms with Crippen molar-refractivity contribution in [2.24, 2.45) is 0 Å². The molecule has 1 atom stereocenters. The molecular formula is C29H28ClN7O2. The Balaban J connectivity index is 1.41. The number of anilines is 1. The Labute approximate surface area is 231 Å². The van der Waals surface area contributed by atoms with Crippen LogP contribution >= 0.6 is 11.6 Å². The van der Waals surface area contributed by atoms with Gasteiger partial charge in [0.05, 0.1) is 43.0 Å². The largest absolute Gasteiger partial charge is 0.379 e. The van der Waals surface area contributed by atoms with Gasteiger partial charge in [-0.1, -0.05) is 53.2 Å². The maximum Gasteiger partial charge on any atom is 0.249 e. The maximum atomic E-state index is 14.3. The summed E-state index contributed by atoms with van der Waals surface area (Å²) in [5.74, 6) is -0.0989. The van der Waals surface area contributed by atoms with Crippen molar-refractivity contribution >= 4 is 34.2 Å². The van der Waals surface area contributed by atoms with Crippen molar-refractivity contribution in [2.45, 2.75) is 12.6 Å². The first-order valence-electron chi connectivity index (χ1n) is 12.9. The second-order valence-corrected chi connectivity index (χ2v) is 9.93. The lowest BCUT2D eigenvalue weighted by Crippen LogP contribution is -2.46. The number of nitrogens with zero attached hydrogens (tertiary/aromatic N) is 6. The Hall–Kier alpha value is -4.05. The molecule has 1 aliphatic rings. The lowest BCUT2D eigenvalue weighted by molar-refractivity contribution is -0.120. The Morgan fingerprint density at radius 2 is 1.87 bits per heavy atom. The molecule has 0 radical (unpaired) electrons. The van der Waals surface area contributed by atoms with Crippen molar-refractivity contribution in [3.05, 3.63) is 95.9 Å². The fraction of sp³-hybridized carbons (Fsp3) is 0.241. The van der Waals surface area contributed by atoms with E-state index >= 15 is 0 Å². The molecule has 0 spiro atoms. The van der Waals surface area contributed by atoms with Crippen molar-refractivity contribution in [3.63, 3.8) is 0 Å². The topological polar surface area (TPSA) is 92.2 Å². The number of carbonyl (C=O) groups excluding carboxylic acids is 1. The third kappa shape index (κ3) is 5.56. The van der Waals surface area contributed by atoms with E-state index in [1.54, 1.807) is 17.2 Å². The molecule has 3 heterocycles. The van der Waals surface area contributed by atoms with E-state index in [0.717, 1.165) is 46.6 Å². The minimum atomic E-state index is -0.290. The summed E-state index contributed by atoms with van der Waals surface area (Å²) in [6.45, 7) is 3.61. The Morgan fingerprint density at radius 3 is 2.64 bits per heavy atom. The number of nitrogens with one attached hydrogen (secondary N) is 1. The number of morpholine rings is 1. The van der Waals surface area contributed by atoms with Gasteiger partial charge in [-0.2, -0.15) is 0 Å². The highest BCUT2D eigenvalue weighted by Gasteiger charge is 2.30. The molecule has 1 aliphatic heterocycles. The average molecular weight is 542 g/mol. The van der Waals surface area contributed by atoms with Crippen molar-refractivity contribution < 1.29 is 9.53 Å². The molecular weight excluding hydrogens is 514 g/mol. The number of halogens is 1. The van der Waals surface area contributed by atoms with Crippen LogP contribution in [0.15, 0.2) is 85.3 Å². The number of fused-ring (bicyclic) bond motifs is 1. The maximum absolute atomic E-state index is 14.3. The molecule has 10 heteroatoms. The van der Waals surface area contributed by atoms with Gasteiger partial charge in [-0.25, -0.2) is 9.67 Å². The van der Waals surface area contributed by atoms with Crippen LogP contribution in [0.5, 0.6) is 0 Å². The molecule has 1 saturated heterocycles. The number of hydrogen-bond acceptors (Lipinski definition) is 6. The van der Waals surface area contributed by atoms with E-state index in [0.29, 0.717) is 24.8 Å². The van der Waals surface area contributed by atoms with Crippen LogP contribution < -0.4 is 4.90 Å². The van der Waals surface area contributed by atoms with Gasteiger partial charge in [0, 0.05) is 30.3 Å². The van der Waals surface area contributed by atoms with Gasteiger partial charge in [-0.3, -0.25) is 9.69 Å². The number of aromatic amines is 1. The minimum Gasteiger partial charge on any atom is -0.379 e. The van der Waals surface area contributed by atoms with Crippen LogP contribution in [0.3, 0.4) is 0 Å². The van der Waals surface area contributed by atoms with Crippen molar-refractivity contribution in [1.82, 2.24) is 29.9 Å². The first-order chi connectivity index (χ1) is 19.2. The summed E-state index contributed by atoms with van der Waals surface area (Å²) in [5, 5.41) is 9.15. The third-order valence-corrected chi connectivity index (χ3v) is 7.24. The van der Waals surface area contributed by atoms with Gasteiger partial charge in [0.25, 0.3) is 0 Å². The van der Waals surface area contributed by atoms with E-state index < -0.39 is 0 Å². The predicted molar refractivity (Wildman–Crippen MR) is 150 cm³/mol.